The molecule has 0 N–H and O–H groups in total. The monoisotopic (exact) mass is 429 g/mol. The van der Waals surface area contributed by atoms with Crippen LogP contribution in [-0.4, -0.2) is 0 Å². The summed E-state index contributed by atoms with van der Waals surface area (Å²) < 4.78 is 1.06. The third-order valence-corrected chi connectivity index (χ3v) is 3.97. The summed E-state index contributed by atoms with van der Waals surface area (Å²) in [7, 11) is 0. The molecule has 1 saturated carbocycles. The fourth-order valence-corrected chi connectivity index (χ4v) is 2.05. The van der Waals surface area contributed by atoms with Gasteiger partial charge in [0.15, 0.2) is 0 Å². The van der Waals surface area contributed by atoms with Crippen LogP contribution in [0.3, 0.4) is 0 Å². The summed E-state index contributed by atoms with van der Waals surface area (Å²) >= 11 is 2.16. The van der Waals surface area contributed by atoms with Gasteiger partial charge >= 0.3 is 19.5 Å². The molecule has 2 fully saturated rings. The zero-order valence-corrected chi connectivity index (χ0v) is 14.8. The number of rotatable bonds is 0. The minimum atomic E-state index is 0. The average Bonchev–Trinajstić information content (AvgIpc) is 2.80. The molecule has 0 aromatic heterocycles. The van der Waals surface area contributed by atoms with Crippen molar-refractivity contribution in [3.63, 3.8) is 0 Å². The quantitative estimate of drug-likeness (QED) is 0.314. The Balaban J connectivity index is 0.000000316. The molecule has 0 atom stereocenters. The van der Waals surface area contributed by atoms with Crippen molar-refractivity contribution >= 4 is 22.6 Å². The van der Waals surface area contributed by atoms with Crippen molar-refractivity contribution in [1.29, 1.82) is 0 Å². The maximum absolute atomic E-state index is 3.90. The van der Waals surface area contributed by atoms with Crippen molar-refractivity contribution < 1.29 is 19.5 Å². The summed E-state index contributed by atoms with van der Waals surface area (Å²) in [5.41, 5.74) is 0. The van der Waals surface area contributed by atoms with Crippen LogP contribution >= 0.6 is 22.6 Å². The number of nitrogens with zero attached hydrogens (tertiary/aromatic N) is 1. The maximum atomic E-state index is 3.90. The van der Waals surface area contributed by atoms with Gasteiger partial charge in [0, 0.05) is 13.0 Å². The van der Waals surface area contributed by atoms with Gasteiger partial charge in [-0.25, -0.2) is 5.32 Å². The van der Waals surface area contributed by atoms with Crippen LogP contribution in [0.25, 0.3) is 0 Å². The van der Waals surface area contributed by atoms with E-state index in [2.05, 4.69) is 62.5 Å². The van der Waals surface area contributed by atoms with E-state index in [4.69, 9.17) is 0 Å². The van der Waals surface area contributed by atoms with Gasteiger partial charge in [-0.3, -0.25) is 0 Å². The molecule has 0 spiro atoms. The van der Waals surface area contributed by atoms with Crippen molar-refractivity contribution in [3.8, 4) is 0 Å². The zero-order valence-electron chi connectivity index (χ0n) is 10.9. The molecule has 1 saturated heterocycles. The molecule has 3 heteroatoms. The molecule has 17 heavy (non-hydrogen) atoms. The number of hydrogen-bond donors (Lipinski definition) is 0. The molecule has 0 aromatic carbocycles. The summed E-state index contributed by atoms with van der Waals surface area (Å²) in [5, 5.41) is 3.90. The minimum Gasteiger partial charge on any atom is -0.216 e. The average molecular weight is 428 g/mol. The van der Waals surface area contributed by atoms with Crippen LogP contribution in [0.5, 0.6) is 0 Å². The van der Waals surface area contributed by atoms with Crippen molar-refractivity contribution in [3.05, 3.63) is 53.0 Å². The number of halogens is 1. The Morgan fingerprint density at radius 2 is 1.18 bits per heavy atom. The number of hydrogen-bond acceptors (Lipinski definition) is 0. The summed E-state index contributed by atoms with van der Waals surface area (Å²) in [5.74, 6) is 7.34. The van der Waals surface area contributed by atoms with Gasteiger partial charge in [0.05, 0.1) is 0 Å². The van der Waals surface area contributed by atoms with Gasteiger partial charge in [-0.15, -0.1) is 0 Å². The van der Waals surface area contributed by atoms with Crippen LogP contribution in [-0.2, 0) is 19.5 Å². The normalized spacial score (nSPS) is 25.8. The Kier molecular flexibility index (Phi) is 9.13. The molecule has 1 aliphatic heterocycles. The standard InChI is InChI=1S/C10H15.C4H3IN.Ru/c1-6-7(2)9(4)10(5)8(6)3;5-4-2-1-3-6-4;/h1-5H3;1-3H;/q;;+2. The van der Waals surface area contributed by atoms with Crippen LogP contribution in [0.2, 0.25) is 0 Å². The zero-order chi connectivity index (χ0) is 12.3. The van der Waals surface area contributed by atoms with E-state index in [1.54, 1.807) is 6.54 Å². The Hall–Kier alpha value is 1.31. The van der Waals surface area contributed by atoms with Crippen molar-refractivity contribution in [2.75, 3.05) is 0 Å². The molecule has 2 rings (SSSR count). The van der Waals surface area contributed by atoms with Crippen LogP contribution in [0, 0.1) is 53.0 Å². The second kappa shape index (κ2) is 8.48. The van der Waals surface area contributed by atoms with Crippen LogP contribution in [0.4, 0.5) is 0 Å². The maximum Gasteiger partial charge on any atom is 2.00 e. The van der Waals surface area contributed by atoms with Gasteiger partial charge in [0.25, 0.3) is 0 Å². The van der Waals surface area contributed by atoms with Crippen LogP contribution < -0.4 is 5.32 Å². The molecule has 0 unspecified atom stereocenters. The fraction of sp³-hybridized carbons (Fsp3) is 0.357. The van der Waals surface area contributed by atoms with Crippen molar-refractivity contribution in [1.82, 2.24) is 5.32 Å². The molecular weight excluding hydrogens is 410 g/mol. The van der Waals surface area contributed by atoms with E-state index < -0.39 is 0 Å². The molecule has 0 aromatic rings. The van der Waals surface area contributed by atoms with Gasteiger partial charge in [-0.2, -0.15) is 0 Å². The molecule has 2 aliphatic rings. The topological polar surface area (TPSA) is 14.1 Å². The summed E-state index contributed by atoms with van der Waals surface area (Å²) in [6.45, 7) is 12.8. The first-order valence-electron chi connectivity index (χ1n) is 5.38. The van der Waals surface area contributed by atoms with Crippen molar-refractivity contribution in [2.24, 2.45) is 0 Å². The minimum absolute atomic E-state index is 0. The third kappa shape index (κ3) is 5.06. The third-order valence-electron chi connectivity index (χ3n) is 3.33. The first-order chi connectivity index (χ1) is 7.45. The van der Waals surface area contributed by atoms with Crippen LogP contribution in [0.15, 0.2) is 0 Å². The van der Waals surface area contributed by atoms with Gasteiger partial charge in [0.2, 0.25) is 0 Å². The SMILES string of the molecule is C[C]1[C](C)[C](C)[C](C)[C]1C.I[C]1[CH][CH][CH][N]1.[Ru+2]. The van der Waals surface area contributed by atoms with Gasteiger partial charge in [-0.05, 0) is 36.0 Å². The van der Waals surface area contributed by atoms with Crippen molar-refractivity contribution in [2.45, 2.75) is 34.6 Å². The smallest absolute Gasteiger partial charge is 0.216 e. The molecule has 1 aliphatic carbocycles. The van der Waals surface area contributed by atoms with Crippen LogP contribution in [0.1, 0.15) is 34.6 Å². The summed E-state index contributed by atoms with van der Waals surface area (Å²) in [4.78, 5) is 0. The Morgan fingerprint density at radius 1 is 0.824 bits per heavy atom. The molecule has 0 amide bonds. The second-order valence-electron chi connectivity index (χ2n) is 4.09. The van der Waals surface area contributed by atoms with E-state index in [9.17, 15) is 0 Å². The van der Waals surface area contributed by atoms with E-state index in [-0.39, 0.29) is 19.5 Å². The fourth-order valence-electron chi connectivity index (χ4n) is 1.69. The van der Waals surface area contributed by atoms with Gasteiger partial charge in [0.1, 0.15) is 4.05 Å². The van der Waals surface area contributed by atoms with E-state index in [0.717, 1.165) is 4.05 Å². The molecule has 0 bridgehead atoms. The van der Waals surface area contributed by atoms with E-state index in [1.165, 1.54) is 29.6 Å². The van der Waals surface area contributed by atoms with Gasteiger partial charge < -0.3 is 0 Å². The largest absolute Gasteiger partial charge is 2.00 e. The predicted octanol–water partition coefficient (Wildman–Crippen LogP) is 4.07. The van der Waals surface area contributed by atoms with E-state index in [0.29, 0.717) is 0 Å². The molecule has 1 nitrogen and oxygen atoms in total. The van der Waals surface area contributed by atoms with E-state index >= 15 is 0 Å². The summed E-state index contributed by atoms with van der Waals surface area (Å²) in [6, 6.07) is 0. The first kappa shape index (κ1) is 18.3. The summed E-state index contributed by atoms with van der Waals surface area (Å²) in [6.07, 6.45) is 3.88. The van der Waals surface area contributed by atoms with E-state index in [1.807, 2.05) is 12.8 Å². The first-order valence-corrected chi connectivity index (χ1v) is 6.45. The predicted molar refractivity (Wildman–Crippen MR) is 76.9 cm³/mol. The Morgan fingerprint density at radius 3 is 1.29 bits per heavy atom. The molecule has 1 heterocycles. The van der Waals surface area contributed by atoms with Gasteiger partial charge in [-0.1, -0.05) is 57.2 Å². The molecular formula is C14H18INRu+2. The second-order valence-corrected chi connectivity index (χ2v) is 5.19. The molecule has 10 radical (unpaired) electrons. The Bertz CT molecular complexity index is 162. The molecule has 92 valence electrons. The Labute approximate surface area is 134 Å².